The van der Waals surface area contributed by atoms with E-state index in [9.17, 15) is 0 Å². The van der Waals surface area contributed by atoms with Crippen molar-refractivity contribution in [2.24, 2.45) is 4.99 Å². The second-order valence-corrected chi connectivity index (χ2v) is 5.88. The number of fused-ring (bicyclic) bond motifs is 3. The molecule has 0 fully saturated rings. The van der Waals surface area contributed by atoms with E-state index in [2.05, 4.69) is 4.99 Å². The second kappa shape index (κ2) is 6.92. The summed E-state index contributed by atoms with van der Waals surface area (Å²) in [6.07, 6.45) is 1.81. The number of ether oxygens (including phenoxy) is 2. The van der Waals surface area contributed by atoms with Crippen LogP contribution in [0.25, 0.3) is 21.9 Å². The van der Waals surface area contributed by atoms with Crippen LogP contribution in [0, 0.1) is 0 Å². The lowest BCUT2D eigenvalue weighted by atomic mass is 10.1. The molecular formula is C22H19NO3. The van der Waals surface area contributed by atoms with Crippen LogP contribution in [0.1, 0.15) is 12.5 Å². The molecule has 0 amide bonds. The van der Waals surface area contributed by atoms with Crippen LogP contribution < -0.4 is 9.47 Å². The molecule has 4 aromatic rings. The van der Waals surface area contributed by atoms with E-state index in [0.717, 1.165) is 38.9 Å². The smallest absolute Gasteiger partial charge is 0.145 e. The average Bonchev–Trinajstić information content (AvgIpc) is 3.04. The topological polar surface area (TPSA) is 44.0 Å². The lowest BCUT2D eigenvalue weighted by Crippen LogP contribution is -1.91. The number of nitrogens with zero attached hydrogens (tertiary/aromatic N) is 1. The highest BCUT2D eigenvalue weighted by Gasteiger charge is 2.11. The molecule has 0 aliphatic rings. The lowest BCUT2D eigenvalue weighted by Gasteiger charge is -2.05. The van der Waals surface area contributed by atoms with Crippen LogP contribution in [0.3, 0.4) is 0 Å². The van der Waals surface area contributed by atoms with E-state index in [0.29, 0.717) is 12.4 Å². The molecule has 4 heteroatoms. The second-order valence-electron chi connectivity index (χ2n) is 5.88. The van der Waals surface area contributed by atoms with E-state index in [1.54, 1.807) is 7.11 Å². The molecule has 0 saturated heterocycles. The molecule has 4 nitrogen and oxygen atoms in total. The fraction of sp³-hybridized carbons (Fsp3) is 0.136. The van der Waals surface area contributed by atoms with Gasteiger partial charge in [-0.25, -0.2) is 0 Å². The minimum atomic E-state index is 0.655. The predicted octanol–water partition coefficient (Wildman–Crippen LogP) is 5.74. The van der Waals surface area contributed by atoms with E-state index in [4.69, 9.17) is 13.9 Å². The maximum atomic E-state index is 5.94. The normalized spacial score (nSPS) is 11.5. The number of methoxy groups -OCH3 is 1. The van der Waals surface area contributed by atoms with Crippen molar-refractivity contribution in [3.8, 4) is 11.5 Å². The first kappa shape index (κ1) is 16.2. The Morgan fingerprint density at radius 3 is 2.54 bits per heavy atom. The SMILES string of the molecule is CCOc1ccc(C=Nc2cc3oc4ccccc4c3cc2OC)cc1. The van der Waals surface area contributed by atoms with E-state index in [1.165, 1.54) is 0 Å². The van der Waals surface area contributed by atoms with Crippen molar-refractivity contribution in [2.75, 3.05) is 13.7 Å². The Balaban J connectivity index is 1.71. The van der Waals surface area contributed by atoms with Crippen LogP contribution >= 0.6 is 0 Å². The fourth-order valence-electron chi connectivity index (χ4n) is 2.97. The summed E-state index contributed by atoms with van der Waals surface area (Å²) in [7, 11) is 1.65. The van der Waals surface area contributed by atoms with Crippen molar-refractivity contribution < 1.29 is 13.9 Å². The minimum Gasteiger partial charge on any atom is -0.494 e. The van der Waals surface area contributed by atoms with Gasteiger partial charge >= 0.3 is 0 Å². The standard InChI is InChI=1S/C22H19NO3/c1-3-25-16-10-8-15(9-11-16)14-23-19-13-21-18(12-22(19)24-2)17-6-4-5-7-20(17)26-21/h4-14H,3H2,1-2H3. The number of para-hydroxylation sites is 1. The van der Waals surface area contributed by atoms with Gasteiger partial charge in [0, 0.05) is 23.1 Å². The molecule has 0 saturated carbocycles. The summed E-state index contributed by atoms with van der Waals surface area (Å²) in [4.78, 5) is 4.59. The van der Waals surface area contributed by atoms with Gasteiger partial charge in [0.2, 0.25) is 0 Å². The van der Waals surface area contributed by atoms with Gasteiger partial charge in [-0.1, -0.05) is 18.2 Å². The molecule has 1 heterocycles. The number of rotatable bonds is 5. The van der Waals surface area contributed by atoms with Crippen LogP contribution in [-0.2, 0) is 0 Å². The average molecular weight is 345 g/mol. The molecule has 4 rings (SSSR count). The number of furan rings is 1. The molecule has 130 valence electrons. The predicted molar refractivity (Wildman–Crippen MR) is 105 cm³/mol. The Morgan fingerprint density at radius 1 is 0.962 bits per heavy atom. The number of aliphatic imine (C=N–C) groups is 1. The van der Waals surface area contributed by atoms with Crippen molar-refractivity contribution >= 4 is 33.8 Å². The summed E-state index contributed by atoms with van der Waals surface area (Å²) in [6, 6.07) is 19.7. The quantitative estimate of drug-likeness (QED) is 0.433. The monoisotopic (exact) mass is 345 g/mol. The Labute approximate surface area is 151 Å². The van der Waals surface area contributed by atoms with E-state index in [1.807, 2.05) is 73.8 Å². The van der Waals surface area contributed by atoms with Gasteiger partial charge < -0.3 is 13.9 Å². The van der Waals surface area contributed by atoms with Crippen LogP contribution in [0.2, 0.25) is 0 Å². The van der Waals surface area contributed by atoms with Crippen molar-refractivity contribution in [1.29, 1.82) is 0 Å². The molecule has 0 N–H and O–H groups in total. The third-order valence-corrected chi connectivity index (χ3v) is 4.22. The summed E-state index contributed by atoms with van der Waals surface area (Å²) in [5.74, 6) is 1.57. The largest absolute Gasteiger partial charge is 0.494 e. The van der Waals surface area contributed by atoms with Crippen LogP contribution in [0.15, 0.2) is 70.1 Å². The zero-order valence-electron chi connectivity index (χ0n) is 14.7. The van der Waals surface area contributed by atoms with E-state index < -0.39 is 0 Å². The lowest BCUT2D eigenvalue weighted by molar-refractivity contribution is 0.340. The summed E-state index contributed by atoms with van der Waals surface area (Å²) < 4.78 is 16.9. The summed E-state index contributed by atoms with van der Waals surface area (Å²) in [5.41, 5.74) is 3.37. The number of hydrogen-bond donors (Lipinski definition) is 0. The molecule has 0 spiro atoms. The van der Waals surface area contributed by atoms with Crippen molar-refractivity contribution in [1.82, 2.24) is 0 Å². The molecule has 26 heavy (non-hydrogen) atoms. The van der Waals surface area contributed by atoms with Gasteiger partial charge in [-0.2, -0.15) is 0 Å². The van der Waals surface area contributed by atoms with Gasteiger partial charge in [-0.15, -0.1) is 0 Å². The highest BCUT2D eigenvalue weighted by Crippen LogP contribution is 2.37. The molecule has 0 atom stereocenters. The van der Waals surface area contributed by atoms with Crippen molar-refractivity contribution in [3.63, 3.8) is 0 Å². The molecule has 1 aromatic heterocycles. The van der Waals surface area contributed by atoms with Gasteiger partial charge in [0.15, 0.2) is 0 Å². The fourth-order valence-corrected chi connectivity index (χ4v) is 2.97. The summed E-state index contributed by atoms with van der Waals surface area (Å²) >= 11 is 0. The van der Waals surface area contributed by atoms with Crippen LogP contribution in [0.4, 0.5) is 5.69 Å². The Morgan fingerprint density at radius 2 is 1.77 bits per heavy atom. The van der Waals surface area contributed by atoms with Crippen LogP contribution in [0.5, 0.6) is 11.5 Å². The number of hydrogen-bond acceptors (Lipinski definition) is 4. The molecule has 0 unspecified atom stereocenters. The molecule has 3 aromatic carbocycles. The third kappa shape index (κ3) is 3.02. The Bertz CT molecular complexity index is 1080. The first-order valence-electron chi connectivity index (χ1n) is 8.54. The van der Waals surface area contributed by atoms with E-state index in [-0.39, 0.29) is 0 Å². The molecule has 0 aliphatic heterocycles. The van der Waals surface area contributed by atoms with E-state index >= 15 is 0 Å². The van der Waals surface area contributed by atoms with Crippen molar-refractivity contribution in [2.45, 2.75) is 6.92 Å². The van der Waals surface area contributed by atoms with Gasteiger partial charge in [0.1, 0.15) is 28.4 Å². The third-order valence-electron chi connectivity index (χ3n) is 4.22. The van der Waals surface area contributed by atoms with Crippen molar-refractivity contribution in [3.05, 3.63) is 66.2 Å². The summed E-state index contributed by atoms with van der Waals surface area (Å²) in [6.45, 7) is 2.62. The number of benzene rings is 3. The Hall–Kier alpha value is -3.27. The van der Waals surface area contributed by atoms with Gasteiger partial charge in [-0.05, 0) is 48.9 Å². The first-order chi connectivity index (χ1) is 12.8. The molecular weight excluding hydrogens is 326 g/mol. The zero-order valence-corrected chi connectivity index (χ0v) is 14.7. The maximum absolute atomic E-state index is 5.94. The molecule has 0 aliphatic carbocycles. The Kier molecular flexibility index (Phi) is 4.32. The van der Waals surface area contributed by atoms with Gasteiger partial charge in [0.25, 0.3) is 0 Å². The zero-order chi connectivity index (χ0) is 17.9. The first-order valence-corrected chi connectivity index (χ1v) is 8.54. The van der Waals surface area contributed by atoms with Crippen LogP contribution in [-0.4, -0.2) is 19.9 Å². The maximum Gasteiger partial charge on any atom is 0.145 e. The van der Waals surface area contributed by atoms with Gasteiger partial charge in [-0.3, -0.25) is 4.99 Å². The summed E-state index contributed by atoms with van der Waals surface area (Å²) in [5, 5.41) is 2.10. The van der Waals surface area contributed by atoms with Gasteiger partial charge in [0.05, 0.1) is 13.7 Å². The highest BCUT2D eigenvalue weighted by molar-refractivity contribution is 6.06. The minimum absolute atomic E-state index is 0.655. The highest BCUT2D eigenvalue weighted by atomic mass is 16.5. The molecule has 0 radical (unpaired) electrons. The molecule has 0 bridgehead atoms.